The number of benzene rings is 2. The molecule has 7 heteroatoms. The van der Waals surface area contributed by atoms with Gasteiger partial charge in [-0.25, -0.2) is 4.68 Å². The topological polar surface area (TPSA) is 86.1 Å². The van der Waals surface area contributed by atoms with E-state index < -0.39 is 0 Å². The first-order chi connectivity index (χ1) is 13.7. The van der Waals surface area contributed by atoms with Crippen molar-refractivity contribution in [1.82, 2.24) is 20.3 Å². The Hall–Kier alpha value is -3.22. The minimum absolute atomic E-state index is 0.0159. The van der Waals surface area contributed by atoms with Gasteiger partial charge in [-0.2, -0.15) is 0 Å². The Morgan fingerprint density at radius 1 is 1.21 bits per heavy atom. The third-order valence-electron chi connectivity index (χ3n) is 5.06. The van der Waals surface area contributed by atoms with E-state index in [1.54, 1.807) is 25.3 Å². The summed E-state index contributed by atoms with van der Waals surface area (Å²) in [7, 11) is 1.63. The summed E-state index contributed by atoms with van der Waals surface area (Å²) < 4.78 is 6.45. The van der Waals surface area contributed by atoms with Gasteiger partial charge in [0.1, 0.15) is 11.3 Å². The van der Waals surface area contributed by atoms with E-state index in [1.807, 2.05) is 30.3 Å². The summed E-state index contributed by atoms with van der Waals surface area (Å²) in [4.78, 5) is 25.0. The number of nitrogens with zero attached hydrogens (tertiary/aromatic N) is 3. The Labute approximate surface area is 162 Å². The molecule has 1 N–H and O–H groups in total. The fourth-order valence-electron chi connectivity index (χ4n) is 3.34. The lowest BCUT2D eigenvalue weighted by Gasteiger charge is -2.19. The molecule has 1 fully saturated rings. The highest BCUT2D eigenvalue weighted by Crippen LogP contribution is 2.41. The Morgan fingerprint density at radius 2 is 1.96 bits per heavy atom. The van der Waals surface area contributed by atoms with Crippen LogP contribution in [-0.4, -0.2) is 28.0 Å². The molecule has 3 aromatic rings. The first kappa shape index (κ1) is 18.2. The average Bonchev–Trinajstić information content (AvgIpc) is 3.57. The second kappa shape index (κ2) is 7.80. The first-order valence-electron chi connectivity index (χ1n) is 9.41. The van der Waals surface area contributed by atoms with Gasteiger partial charge in [-0.15, -0.1) is 5.10 Å². The summed E-state index contributed by atoms with van der Waals surface area (Å²) >= 11 is 0. The molecule has 2 aromatic carbocycles. The molecule has 1 saturated carbocycles. The standard InChI is InChI=1S/C21H22N4O3/c1-28-16-10-8-15(9-11-16)20(14-6-7-14)22-19(26)12-13-25-21(27)17-4-2-3-5-18(17)23-24-25/h2-5,8-11,14,20H,6-7,12-13H2,1H3,(H,22,26). The van der Waals surface area contributed by atoms with Crippen LogP contribution in [0, 0.1) is 5.92 Å². The van der Waals surface area contributed by atoms with Crippen molar-refractivity contribution >= 4 is 16.8 Å². The fraction of sp³-hybridized carbons (Fsp3) is 0.333. The van der Waals surface area contributed by atoms with Crippen LogP contribution >= 0.6 is 0 Å². The van der Waals surface area contributed by atoms with Crippen LogP contribution in [0.5, 0.6) is 5.75 Å². The van der Waals surface area contributed by atoms with Crippen LogP contribution in [0.25, 0.3) is 10.9 Å². The van der Waals surface area contributed by atoms with Crippen LogP contribution in [0.3, 0.4) is 0 Å². The predicted molar refractivity (Wildman–Crippen MR) is 105 cm³/mol. The Balaban J connectivity index is 1.43. The minimum Gasteiger partial charge on any atom is -0.497 e. The molecule has 28 heavy (non-hydrogen) atoms. The zero-order valence-corrected chi connectivity index (χ0v) is 15.7. The van der Waals surface area contributed by atoms with Crippen molar-refractivity contribution in [3.63, 3.8) is 0 Å². The molecule has 1 aliphatic carbocycles. The number of aromatic nitrogens is 3. The second-order valence-electron chi connectivity index (χ2n) is 7.04. The number of rotatable bonds is 7. The summed E-state index contributed by atoms with van der Waals surface area (Å²) in [6.07, 6.45) is 2.38. The Morgan fingerprint density at radius 3 is 2.68 bits per heavy atom. The third-order valence-corrected chi connectivity index (χ3v) is 5.06. The van der Waals surface area contributed by atoms with E-state index in [0.717, 1.165) is 24.2 Å². The number of ether oxygens (including phenoxy) is 1. The molecule has 4 rings (SSSR count). The number of aryl methyl sites for hydroxylation is 1. The summed E-state index contributed by atoms with van der Waals surface area (Å²) in [6, 6.07) is 14.8. The zero-order valence-electron chi connectivity index (χ0n) is 15.7. The molecular formula is C21H22N4O3. The van der Waals surface area contributed by atoms with E-state index in [9.17, 15) is 9.59 Å². The molecule has 1 unspecified atom stereocenters. The number of nitrogens with one attached hydrogen (secondary N) is 1. The van der Waals surface area contributed by atoms with E-state index in [2.05, 4.69) is 15.6 Å². The lowest BCUT2D eigenvalue weighted by atomic mass is 10.0. The molecule has 1 atom stereocenters. The fourth-order valence-corrected chi connectivity index (χ4v) is 3.34. The van der Waals surface area contributed by atoms with Gasteiger partial charge in [0, 0.05) is 6.42 Å². The smallest absolute Gasteiger partial charge is 0.277 e. The summed E-state index contributed by atoms with van der Waals surface area (Å²) in [5.74, 6) is 1.15. The monoisotopic (exact) mass is 378 g/mol. The highest BCUT2D eigenvalue weighted by atomic mass is 16.5. The van der Waals surface area contributed by atoms with Gasteiger partial charge in [0.15, 0.2) is 0 Å². The molecule has 1 aliphatic rings. The van der Waals surface area contributed by atoms with Crippen LogP contribution in [0.1, 0.15) is 30.9 Å². The average molecular weight is 378 g/mol. The Bertz CT molecular complexity index is 1040. The minimum atomic E-state index is -0.229. The first-order valence-corrected chi connectivity index (χ1v) is 9.41. The van der Waals surface area contributed by atoms with Crippen LogP contribution in [0.4, 0.5) is 0 Å². The lowest BCUT2D eigenvalue weighted by Crippen LogP contribution is -2.32. The van der Waals surface area contributed by atoms with Crippen molar-refractivity contribution in [2.24, 2.45) is 5.92 Å². The van der Waals surface area contributed by atoms with Crippen molar-refractivity contribution in [3.8, 4) is 5.75 Å². The van der Waals surface area contributed by atoms with Gasteiger partial charge in [0.2, 0.25) is 5.91 Å². The number of fused-ring (bicyclic) bond motifs is 1. The number of methoxy groups -OCH3 is 1. The van der Waals surface area contributed by atoms with Gasteiger partial charge in [0.25, 0.3) is 5.56 Å². The molecule has 1 amide bonds. The van der Waals surface area contributed by atoms with Crippen molar-refractivity contribution in [3.05, 3.63) is 64.4 Å². The summed E-state index contributed by atoms with van der Waals surface area (Å²) in [5.41, 5.74) is 1.40. The third kappa shape index (κ3) is 3.88. The van der Waals surface area contributed by atoms with Crippen molar-refractivity contribution < 1.29 is 9.53 Å². The zero-order chi connectivity index (χ0) is 19.5. The van der Waals surface area contributed by atoms with Crippen LogP contribution < -0.4 is 15.6 Å². The number of amides is 1. The van der Waals surface area contributed by atoms with E-state index in [-0.39, 0.29) is 30.5 Å². The van der Waals surface area contributed by atoms with E-state index >= 15 is 0 Å². The van der Waals surface area contributed by atoms with Crippen molar-refractivity contribution in [1.29, 1.82) is 0 Å². The molecule has 0 spiro atoms. The van der Waals surface area contributed by atoms with E-state index in [0.29, 0.717) is 16.8 Å². The summed E-state index contributed by atoms with van der Waals surface area (Å²) in [5, 5.41) is 11.6. The molecule has 0 bridgehead atoms. The SMILES string of the molecule is COc1ccc(C(NC(=O)CCn2nnc3ccccc3c2=O)C2CC2)cc1. The number of hydrogen-bond donors (Lipinski definition) is 1. The normalized spacial score (nSPS) is 14.6. The number of hydrogen-bond acceptors (Lipinski definition) is 5. The van der Waals surface area contributed by atoms with E-state index in [4.69, 9.17) is 4.74 Å². The van der Waals surface area contributed by atoms with Crippen LogP contribution in [0.2, 0.25) is 0 Å². The molecule has 0 saturated heterocycles. The molecule has 0 aliphatic heterocycles. The highest BCUT2D eigenvalue weighted by Gasteiger charge is 2.33. The highest BCUT2D eigenvalue weighted by molar-refractivity contribution is 5.77. The maximum atomic E-state index is 12.5. The number of carbonyl (C=O) groups excluding carboxylic acids is 1. The quantitative estimate of drug-likeness (QED) is 0.682. The van der Waals surface area contributed by atoms with Gasteiger partial charge in [-0.1, -0.05) is 29.5 Å². The maximum Gasteiger partial charge on any atom is 0.277 e. The maximum absolute atomic E-state index is 12.5. The number of carbonyl (C=O) groups is 1. The molecule has 0 radical (unpaired) electrons. The second-order valence-corrected chi connectivity index (χ2v) is 7.04. The van der Waals surface area contributed by atoms with Gasteiger partial charge >= 0.3 is 0 Å². The molecule has 144 valence electrons. The molecule has 7 nitrogen and oxygen atoms in total. The van der Waals surface area contributed by atoms with Gasteiger partial charge < -0.3 is 10.1 Å². The van der Waals surface area contributed by atoms with Crippen LogP contribution in [0.15, 0.2) is 53.3 Å². The van der Waals surface area contributed by atoms with Crippen molar-refractivity contribution in [2.45, 2.75) is 31.8 Å². The lowest BCUT2D eigenvalue weighted by molar-refractivity contribution is -0.122. The van der Waals surface area contributed by atoms with Gasteiger partial charge in [0.05, 0.1) is 25.1 Å². The van der Waals surface area contributed by atoms with Gasteiger partial charge in [-0.3, -0.25) is 9.59 Å². The van der Waals surface area contributed by atoms with Crippen LogP contribution in [-0.2, 0) is 11.3 Å². The van der Waals surface area contributed by atoms with Crippen molar-refractivity contribution in [2.75, 3.05) is 7.11 Å². The largest absolute Gasteiger partial charge is 0.497 e. The summed E-state index contributed by atoms with van der Waals surface area (Å²) in [6.45, 7) is 0.197. The molecular weight excluding hydrogens is 356 g/mol. The van der Waals surface area contributed by atoms with E-state index in [1.165, 1.54) is 4.68 Å². The van der Waals surface area contributed by atoms with Gasteiger partial charge in [-0.05, 0) is 48.6 Å². The Kier molecular flexibility index (Phi) is 5.06. The predicted octanol–water partition coefficient (Wildman–Crippen LogP) is 2.46. The molecule has 1 aromatic heterocycles. The molecule has 1 heterocycles.